The highest BCUT2D eigenvalue weighted by Gasteiger charge is 2.44. The zero-order valence-corrected chi connectivity index (χ0v) is 17.2. The summed E-state index contributed by atoms with van der Waals surface area (Å²) in [5.41, 5.74) is 0.212. The lowest BCUT2D eigenvalue weighted by atomic mass is 10.1. The second kappa shape index (κ2) is 7.18. The number of hydrogen-bond donors (Lipinski definition) is 2. The monoisotopic (exact) mass is 421 g/mol. The predicted octanol–water partition coefficient (Wildman–Crippen LogP) is 1.66. The summed E-state index contributed by atoms with van der Waals surface area (Å²) in [5, 5.41) is 11.3. The number of rotatable bonds is 4. The molecule has 0 aliphatic carbocycles. The number of amides is 2. The van der Waals surface area contributed by atoms with Crippen LogP contribution in [0.5, 0.6) is 0 Å². The normalized spacial score (nSPS) is 21.3. The van der Waals surface area contributed by atoms with Crippen LogP contribution in [0.1, 0.15) is 43.1 Å². The molecule has 0 aromatic heterocycles. The van der Waals surface area contributed by atoms with E-state index in [9.17, 15) is 22.8 Å². The van der Waals surface area contributed by atoms with Crippen LogP contribution in [0.4, 0.5) is 10.5 Å². The first-order valence-electron chi connectivity index (χ1n) is 9.10. The summed E-state index contributed by atoms with van der Waals surface area (Å²) in [6, 6.07) is 4.39. The fraction of sp³-hybridized carbons (Fsp3) is 0.421. The van der Waals surface area contributed by atoms with Crippen molar-refractivity contribution in [2.45, 2.75) is 38.8 Å². The van der Waals surface area contributed by atoms with Crippen molar-refractivity contribution < 1.29 is 27.9 Å². The first kappa shape index (κ1) is 20.8. The van der Waals surface area contributed by atoms with E-state index in [0.717, 1.165) is 10.4 Å². The number of hydrogen-bond acceptors (Lipinski definition) is 6. The third-order valence-corrected chi connectivity index (χ3v) is 7.00. The summed E-state index contributed by atoms with van der Waals surface area (Å²) in [4.78, 5) is 36.5. The Morgan fingerprint density at radius 1 is 1.31 bits per heavy atom. The van der Waals surface area contributed by atoms with Crippen LogP contribution in [0.2, 0.25) is 0 Å². The molecule has 2 N–H and O–H groups in total. The molecule has 0 bridgehead atoms. The lowest BCUT2D eigenvalue weighted by molar-refractivity contribution is -0.123. The second-order valence-electron chi connectivity index (χ2n) is 8.06. The molecule has 2 amide bonds. The van der Waals surface area contributed by atoms with Crippen molar-refractivity contribution in [2.24, 2.45) is 0 Å². The smallest absolute Gasteiger partial charge is 0.404 e. The molecule has 2 heterocycles. The highest BCUT2D eigenvalue weighted by atomic mass is 32.2. The Morgan fingerprint density at radius 2 is 2.00 bits per heavy atom. The van der Waals surface area contributed by atoms with Gasteiger partial charge in [0.2, 0.25) is 0 Å². The molecule has 1 atom stereocenters. The largest absolute Gasteiger partial charge is 0.465 e. The average molecular weight is 421 g/mol. The van der Waals surface area contributed by atoms with Gasteiger partial charge < -0.3 is 15.3 Å². The van der Waals surface area contributed by atoms with Gasteiger partial charge >= 0.3 is 6.09 Å². The van der Waals surface area contributed by atoms with E-state index in [-0.39, 0.29) is 22.1 Å². The molecule has 3 rings (SSSR count). The summed E-state index contributed by atoms with van der Waals surface area (Å²) in [5.74, 6) is -0.619. The maximum absolute atomic E-state index is 12.9. The number of anilines is 1. The molecule has 10 heteroatoms. The summed E-state index contributed by atoms with van der Waals surface area (Å²) in [6.45, 7) is 5.86. The number of nitrogens with zero attached hydrogens (tertiary/aromatic N) is 2. The van der Waals surface area contributed by atoms with E-state index in [1.54, 1.807) is 32.9 Å². The summed E-state index contributed by atoms with van der Waals surface area (Å²) < 4.78 is 26.7. The van der Waals surface area contributed by atoms with Crippen LogP contribution in [0.25, 0.3) is 4.91 Å². The van der Waals surface area contributed by atoms with Crippen molar-refractivity contribution in [2.75, 3.05) is 18.0 Å². The predicted molar refractivity (Wildman–Crippen MR) is 107 cm³/mol. The molecule has 1 aromatic carbocycles. The van der Waals surface area contributed by atoms with Crippen molar-refractivity contribution in [1.82, 2.24) is 9.62 Å². The number of benzene rings is 1. The minimum absolute atomic E-state index is 0.140. The SMILES string of the molecule is CC(C)(C)N1C(=O)C=C(c2ccc(N3CC[C@@H](NC(=O)O)C3)c(C=O)c2)S1(=O)=O. The van der Waals surface area contributed by atoms with Gasteiger partial charge in [-0.05, 0) is 44.9 Å². The van der Waals surface area contributed by atoms with Gasteiger partial charge in [-0.3, -0.25) is 9.59 Å². The average Bonchev–Trinajstić information content (AvgIpc) is 3.14. The lowest BCUT2D eigenvalue weighted by Gasteiger charge is -2.30. The standard InChI is InChI=1S/C19H23N3O6S/c1-19(2,3)22-17(24)9-16(29(22,27)28)12-4-5-15(13(8-12)11-23)21-7-6-14(10-21)20-18(25)26/h4-5,8-9,11,14,20H,6-7,10H2,1-3H3,(H,25,26)/t14-/m1/s1. The minimum atomic E-state index is -4.03. The van der Waals surface area contributed by atoms with E-state index in [2.05, 4.69) is 5.32 Å². The molecule has 2 aliphatic heterocycles. The van der Waals surface area contributed by atoms with Crippen LogP contribution in [0.3, 0.4) is 0 Å². The van der Waals surface area contributed by atoms with Gasteiger partial charge in [0.25, 0.3) is 15.9 Å². The van der Waals surface area contributed by atoms with Gasteiger partial charge in [0.15, 0.2) is 6.29 Å². The van der Waals surface area contributed by atoms with Crippen molar-refractivity contribution >= 4 is 38.9 Å². The second-order valence-corrected chi connectivity index (χ2v) is 9.81. The Kier molecular flexibility index (Phi) is 5.16. The van der Waals surface area contributed by atoms with E-state index in [1.807, 2.05) is 4.90 Å². The molecule has 9 nitrogen and oxygen atoms in total. The summed E-state index contributed by atoms with van der Waals surface area (Å²) in [6.07, 6.45) is 1.20. The van der Waals surface area contributed by atoms with Crippen molar-refractivity contribution in [3.8, 4) is 0 Å². The molecule has 0 unspecified atom stereocenters. The lowest BCUT2D eigenvalue weighted by Crippen LogP contribution is -2.45. The molecular formula is C19H23N3O6S. The first-order valence-corrected chi connectivity index (χ1v) is 10.5. The molecule has 156 valence electrons. The Balaban J connectivity index is 1.93. The maximum Gasteiger partial charge on any atom is 0.404 e. The van der Waals surface area contributed by atoms with Gasteiger partial charge in [-0.15, -0.1) is 0 Å². The maximum atomic E-state index is 12.9. The summed E-state index contributed by atoms with van der Waals surface area (Å²) in [7, 11) is -4.03. The summed E-state index contributed by atoms with van der Waals surface area (Å²) >= 11 is 0. The van der Waals surface area contributed by atoms with Crippen molar-refractivity contribution in [3.63, 3.8) is 0 Å². The van der Waals surface area contributed by atoms with Crippen LogP contribution >= 0.6 is 0 Å². The number of carbonyl (C=O) groups is 3. The zero-order chi connectivity index (χ0) is 21.6. The molecule has 1 saturated heterocycles. The van der Waals surface area contributed by atoms with E-state index < -0.39 is 27.6 Å². The molecule has 0 spiro atoms. The quantitative estimate of drug-likeness (QED) is 0.709. The van der Waals surface area contributed by atoms with Gasteiger partial charge in [-0.2, -0.15) is 0 Å². The Bertz CT molecular complexity index is 1010. The minimum Gasteiger partial charge on any atom is -0.465 e. The van der Waals surface area contributed by atoms with E-state index in [4.69, 9.17) is 5.11 Å². The van der Waals surface area contributed by atoms with Crippen LogP contribution in [0, 0.1) is 0 Å². The number of sulfonamides is 1. The molecule has 29 heavy (non-hydrogen) atoms. The fourth-order valence-corrected chi connectivity index (χ4v) is 5.63. The molecule has 1 fully saturated rings. The van der Waals surface area contributed by atoms with Gasteiger partial charge in [-0.25, -0.2) is 17.5 Å². The third kappa shape index (κ3) is 3.84. The molecule has 2 aliphatic rings. The topological polar surface area (TPSA) is 124 Å². The molecular weight excluding hydrogens is 398 g/mol. The highest BCUT2D eigenvalue weighted by Crippen LogP contribution is 2.37. The Morgan fingerprint density at radius 3 is 2.55 bits per heavy atom. The first-order chi connectivity index (χ1) is 13.4. The van der Waals surface area contributed by atoms with Crippen LogP contribution in [-0.4, -0.2) is 60.8 Å². The number of aldehydes is 1. The van der Waals surface area contributed by atoms with Crippen LogP contribution in [-0.2, 0) is 14.8 Å². The van der Waals surface area contributed by atoms with Crippen molar-refractivity contribution in [1.29, 1.82) is 0 Å². The van der Waals surface area contributed by atoms with Gasteiger partial charge in [0, 0.05) is 30.4 Å². The van der Waals surface area contributed by atoms with Gasteiger partial charge in [0.1, 0.15) is 4.91 Å². The molecule has 1 aromatic rings. The van der Waals surface area contributed by atoms with Crippen molar-refractivity contribution in [3.05, 3.63) is 35.4 Å². The Hall–Kier alpha value is -2.88. The van der Waals surface area contributed by atoms with Gasteiger partial charge in [0.05, 0.1) is 11.6 Å². The molecule has 0 saturated carbocycles. The highest BCUT2D eigenvalue weighted by molar-refractivity contribution is 7.99. The number of nitrogens with one attached hydrogen (secondary N) is 1. The van der Waals surface area contributed by atoms with E-state index in [1.165, 1.54) is 6.07 Å². The molecule has 0 radical (unpaired) electrons. The Labute approximate surface area is 169 Å². The number of carboxylic acid groups (broad SMARTS) is 1. The van der Waals surface area contributed by atoms with Crippen LogP contribution in [0.15, 0.2) is 24.3 Å². The van der Waals surface area contributed by atoms with Crippen LogP contribution < -0.4 is 10.2 Å². The fourth-order valence-electron chi connectivity index (χ4n) is 3.75. The third-order valence-electron chi connectivity index (χ3n) is 4.88. The van der Waals surface area contributed by atoms with Gasteiger partial charge in [-0.1, -0.05) is 6.07 Å². The van der Waals surface area contributed by atoms with E-state index >= 15 is 0 Å². The zero-order valence-electron chi connectivity index (χ0n) is 16.4. The van der Waals surface area contributed by atoms with E-state index in [0.29, 0.717) is 31.5 Å². The number of carbonyl (C=O) groups excluding carboxylic acids is 2.